The molecule has 1 saturated carbocycles. The standard InChI is InChI=1S/C12H19N3S/c13-12-14-7-10(16-12)8-15-6-5-9-3-1-2-4-11(9)15/h7,9,11H,1-6,8H2,(H2,13,14). The molecule has 0 spiro atoms. The number of rotatable bonds is 2. The van der Waals surface area contributed by atoms with Crippen molar-refractivity contribution >= 4 is 16.5 Å². The summed E-state index contributed by atoms with van der Waals surface area (Å²) in [6.45, 7) is 2.34. The van der Waals surface area contributed by atoms with Gasteiger partial charge < -0.3 is 5.73 Å². The van der Waals surface area contributed by atoms with Gasteiger partial charge >= 0.3 is 0 Å². The number of nitrogens with zero attached hydrogens (tertiary/aromatic N) is 2. The number of nitrogen functional groups attached to an aromatic ring is 1. The van der Waals surface area contributed by atoms with E-state index in [1.807, 2.05) is 6.20 Å². The molecule has 2 heterocycles. The summed E-state index contributed by atoms with van der Waals surface area (Å²) in [7, 11) is 0. The van der Waals surface area contributed by atoms with Crippen LogP contribution >= 0.6 is 11.3 Å². The summed E-state index contributed by atoms with van der Waals surface area (Å²) < 4.78 is 0. The highest BCUT2D eigenvalue weighted by Gasteiger charge is 2.35. The molecule has 0 radical (unpaired) electrons. The third kappa shape index (κ3) is 1.96. The van der Waals surface area contributed by atoms with E-state index in [0.29, 0.717) is 5.13 Å². The summed E-state index contributed by atoms with van der Waals surface area (Å²) in [6.07, 6.45) is 9.06. The lowest BCUT2D eigenvalue weighted by Gasteiger charge is -2.31. The molecule has 88 valence electrons. The highest BCUT2D eigenvalue weighted by atomic mass is 32.1. The van der Waals surface area contributed by atoms with E-state index in [-0.39, 0.29) is 0 Å². The fraction of sp³-hybridized carbons (Fsp3) is 0.750. The number of nitrogens with two attached hydrogens (primary N) is 1. The number of hydrogen-bond donors (Lipinski definition) is 1. The lowest BCUT2D eigenvalue weighted by Crippen LogP contribution is -2.33. The van der Waals surface area contributed by atoms with Crippen LogP contribution in [0.1, 0.15) is 37.0 Å². The van der Waals surface area contributed by atoms with Crippen molar-refractivity contribution in [3.63, 3.8) is 0 Å². The minimum absolute atomic E-state index is 0.703. The second-order valence-electron chi connectivity index (χ2n) is 5.04. The molecule has 2 N–H and O–H groups in total. The lowest BCUT2D eigenvalue weighted by atomic mass is 9.85. The van der Waals surface area contributed by atoms with E-state index in [9.17, 15) is 0 Å². The maximum Gasteiger partial charge on any atom is 0.180 e. The van der Waals surface area contributed by atoms with Gasteiger partial charge in [-0.25, -0.2) is 4.98 Å². The van der Waals surface area contributed by atoms with Gasteiger partial charge in [0.1, 0.15) is 0 Å². The van der Waals surface area contributed by atoms with Crippen molar-refractivity contribution in [1.82, 2.24) is 9.88 Å². The zero-order chi connectivity index (χ0) is 11.0. The predicted molar refractivity (Wildman–Crippen MR) is 67.3 cm³/mol. The monoisotopic (exact) mass is 237 g/mol. The molecule has 1 aliphatic carbocycles. The van der Waals surface area contributed by atoms with Gasteiger partial charge in [0.05, 0.1) is 0 Å². The highest BCUT2D eigenvalue weighted by molar-refractivity contribution is 7.15. The van der Waals surface area contributed by atoms with Crippen molar-refractivity contribution in [3.8, 4) is 0 Å². The van der Waals surface area contributed by atoms with Crippen LogP contribution in [0.4, 0.5) is 5.13 Å². The van der Waals surface area contributed by atoms with Crippen molar-refractivity contribution < 1.29 is 0 Å². The molecule has 1 aliphatic heterocycles. The van der Waals surface area contributed by atoms with Gasteiger partial charge in [-0.2, -0.15) is 0 Å². The van der Waals surface area contributed by atoms with Crippen molar-refractivity contribution in [2.75, 3.05) is 12.3 Å². The first-order chi connectivity index (χ1) is 7.83. The largest absolute Gasteiger partial charge is 0.375 e. The molecule has 3 nitrogen and oxygen atoms in total. The fourth-order valence-corrected chi connectivity index (χ4v) is 4.01. The van der Waals surface area contributed by atoms with Gasteiger partial charge in [-0.15, -0.1) is 11.3 Å². The summed E-state index contributed by atoms with van der Waals surface area (Å²) in [5.74, 6) is 0.971. The van der Waals surface area contributed by atoms with E-state index in [1.165, 1.54) is 43.5 Å². The summed E-state index contributed by atoms with van der Waals surface area (Å²) in [5, 5.41) is 0.703. The van der Waals surface area contributed by atoms with Crippen molar-refractivity contribution in [1.29, 1.82) is 0 Å². The molecule has 1 saturated heterocycles. The number of aromatic nitrogens is 1. The molecule has 1 aromatic heterocycles. The third-order valence-electron chi connectivity index (χ3n) is 4.06. The van der Waals surface area contributed by atoms with Crippen LogP contribution in [0, 0.1) is 5.92 Å². The number of likely N-dealkylation sites (tertiary alicyclic amines) is 1. The summed E-state index contributed by atoms with van der Waals surface area (Å²) in [4.78, 5) is 8.10. The van der Waals surface area contributed by atoms with E-state index in [0.717, 1.165) is 18.5 Å². The van der Waals surface area contributed by atoms with Gasteiger partial charge in [0, 0.05) is 23.7 Å². The van der Waals surface area contributed by atoms with Crippen LogP contribution < -0.4 is 5.73 Å². The molecule has 2 atom stereocenters. The Hall–Kier alpha value is -0.610. The molecule has 1 aromatic rings. The minimum Gasteiger partial charge on any atom is -0.375 e. The minimum atomic E-state index is 0.703. The van der Waals surface area contributed by atoms with Crippen molar-refractivity contribution in [2.24, 2.45) is 5.92 Å². The van der Waals surface area contributed by atoms with Crippen LogP contribution in [0.25, 0.3) is 0 Å². The van der Waals surface area contributed by atoms with Crippen LogP contribution in [0.15, 0.2) is 6.20 Å². The molecular formula is C12H19N3S. The Morgan fingerprint density at radius 3 is 3.06 bits per heavy atom. The second-order valence-corrected chi connectivity index (χ2v) is 6.18. The molecule has 3 rings (SSSR count). The molecule has 2 aliphatic rings. The molecular weight excluding hydrogens is 218 g/mol. The molecule has 0 bridgehead atoms. The SMILES string of the molecule is Nc1ncc(CN2CCC3CCCCC32)s1. The van der Waals surface area contributed by atoms with Gasteiger partial charge in [0.2, 0.25) is 0 Å². The number of thiazole rings is 1. The smallest absolute Gasteiger partial charge is 0.180 e. The fourth-order valence-electron chi connectivity index (χ4n) is 3.30. The summed E-state index contributed by atoms with van der Waals surface area (Å²) in [5.41, 5.74) is 5.67. The first-order valence-electron chi connectivity index (χ1n) is 6.27. The Kier molecular flexibility index (Phi) is 2.86. The van der Waals surface area contributed by atoms with E-state index in [4.69, 9.17) is 5.73 Å². The molecule has 2 unspecified atom stereocenters. The van der Waals surface area contributed by atoms with Gasteiger partial charge in [-0.3, -0.25) is 4.90 Å². The number of anilines is 1. The average Bonchev–Trinajstić information content (AvgIpc) is 2.87. The maximum atomic E-state index is 5.67. The number of hydrogen-bond acceptors (Lipinski definition) is 4. The zero-order valence-corrected chi connectivity index (χ0v) is 10.4. The Labute approximate surface area is 101 Å². The Morgan fingerprint density at radius 2 is 2.25 bits per heavy atom. The molecule has 0 aromatic carbocycles. The van der Waals surface area contributed by atoms with Gasteiger partial charge in [-0.05, 0) is 31.7 Å². The molecule has 16 heavy (non-hydrogen) atoms. The normalized spacial score (nSPS) is 30.5. The van der Waals surface area contributed by atoms with Crippen LogP contribution in [0.5, 0.6) is 0 Å². The lowest BCUT2D eigenvalue weighted by molar-refractivity contribution is 0.177. The van der Waals surface area contributed by atoms with Crippen LogP contribution in [0.2, 0.25) is 0 Å². The van der Waals surface area contributed by atoms with E-state index >= 15 is 0 Å². The number of fused-ring (bicyclic) bond motifs is 1. The van der Waals surface area contributed by atoms with Crippen molar-refractivity contribution in [2.45, 2.75) is 44.7 Å². The van der Waals surface area contributed by atoms with Gasteiger partial charge in [-0.1, -0.05) is 12.8 Å². The average molecular weight is 237 g/mol. The van der Waals surface area contributed by atoms with E-state index in [2.05, 4.69) is 9.88 Å². The van der Waals surface area contributed by atoms with Crippen molar-refractivity contribution in [3.05, 3.63) is 11.1 Å². The highest BCUT2D eigenvalue weighted by Crippen LogP contribution is 2.37. The summed E-state index contributed by atoms with van der Waals surface area (Å²) >= 11 is 1.64. The van der Waals surface area contributed by atoms with Gasteiger partial charge in [0.25, 0.3) is 0 Å². The van der Waals surface area contributed by atoms with E-state index in [1.54, 1.807) is 11.3 Å². The Morgan fingerprint density at radius 1 is 1.38 bits per heavy atom. The zero-order valence-electron chi connectivity index (χ0n) is 9.56. The predicted octanol–water partition coefficient (Wildman–Crippen LogP) is 2.49. The quantitative estimate of drug-likeness (QED) is 0.859. The summed E-state index contributed by atoms with van der Waals surface area (Å²) in [6, 6.07) is 0.845. The van der Waals surface area contributed by atoms with Gasteiger partial charge in [0.15, 0.2) is 5.13 Å². The Bertz CT molecular complexity index is 363. The maximum absolute atomic E-state index is 5.67. The first-order valence-corrected chi connectivity index (χ1v) is 7.09. The second kappa shape index (κ2) is 4.34. The van der Waals surface area contributed by atoms with E-state index < -0.39 is 0 Å². The Balaban J connectivity index is 1.67. The third-order valence-corrected chi connectivity index (χ3v) is 4.87. The van der Waals surface area contributed by atoms with Crippen LogP contribution in [0.3, 0.4) is 0 Å². The van der Waals surface area contributed by atoms with Crippen LogP contribution in [-0.4, -0.2) is 22.5 Å². The first kappa shape index (κ1) is 10.5. The molecule has 2 fully saturated rings. The molecule has 0 amide bonds. The van der Waals surface area contributed by atoms with Crippen LogP contribution in [-0.2, 0) is 6.54 Å². The molecule has 4 heteroatoms. The topological polar surface area (TPSA) is 42.1 Å².